The maximum absolute atomic E-state index is 12.6. The Hall–Kier alpha value is -2.89. The summed E-state index contributed by atoms with van der Waals surface area (Å²) in [6.07, 6.45) is 5.08. The van der Waals surface area contributed by atoms with Gasteiger partial charge in [0.05, 0.1) is 11.1 Å². The van der Waals surface area contributed by atoms with Crippen molar-refractivity contribution in [3.8, 4) is 0 Å². The fourth-order valence-electron chi connectivity index (χ4n) is 3.00. The molecule has 1 fully saturated rings. The first-order chi connectivity index (χ1) is 11.6. The second kappa shape index (κ2) is 7.12. The van der Waals surface area contributed by atoms with Crippen LogP contribution in [0.5, 0.6) is 0 Å². The lowest BCUT2D eigenvalue weighted by Gasteiger charge is -2.34. The van der Waals surface area contributed by atoms with Gasteiger partial charge in [0.25, 0.3) is 11.8 Å². The first-order valence-electron chi connectivity index (χ1n) is 8.00. The van der Waals surface area contributed by atoms with Crippen LogP contribution in [0.1, 0.15) is 33.6 Å². The monoisotopic (exact) mass is 324 g/mol. The molecule has 0 aliphatic carbocycles. The van der Waals surface area contributed by atoms with Gasteiger partial charge >= 0.3 is 0 Å². The van der Waals surface area contributed by atoms with Crippen LogP contribution in [0.25, 0.3) is 0 Å². The molecule has 1 aromatic carbocycles. The number of carbonyl (C=O) groups excluding carboxylic acids is 2. The number of piperidine rings is 1. The van der Waals surface area contributed by atoms with Gasteiger partial charge in [-0.1, -0.05) is 12.1 Å². The second-order valence-electron chi connectivity index (χ2n) is 5.89. The summed E-state index contributed by atoms with van der Waals surface area (Å²) in [5.41, 5.74) is 7.19. The fraction of sp³-hybridized carbons (Fsp3) is 0.278. The molecule has 2 amide bonds. The predicted molar refractivity (Wildman–Crippen MR) is 91.7 cm³/mol. The van der Waals surface area contributed by atoms with Gasteiger partial charge in [-0.2, -0.15) is 0 Å². The number of aromatic nitrogens is 1. The molecule has 1 aliphatic rings. The molecule has 6 heteroatoms. The van der Waals surface area contributed by atoms with Crippen LogP contribution in [-0.4, -0.2) is 40.8 Å². The van der Waals surface area contributed by atoms with Crippen molar-refractivity contribution < 1.29 is 9.59 Å². The number of rotatable bonds is 4. The van der Waals surface area contributed by atoms with E-state index in [9.17, 15) is 9.59 Å². The zero-order chi connectivity index (χ0) is 16.9. The summed E-state index contributed by atoms with van der Waals surface area (Å²) in [6.45, 7) is 1.31. The van der Waals surface area contributed by atoms with Gasteiger partial charge < -0.3 is 16.0 Å². The zero-order valence-electron chi connectivity index (χ0n) is 13.3. The minimum absolute atomic E-state index is 0.0159. The summed E-state index contributed by atoms with van der Waals surface area (Å²) in [6, 6.07) is 10.8. The topological polar surface area (TPSA) is 88.3 Å². The van der Waals surface area contributed by atoms with Crippen LogP contribution in [0.3, 0.4) is 0 Å². The number of benzene rings is 1. The molecule has 124 valence electrons. The minimum Gasteiger partial charge on any atom is -0.380 e. The quantitative estimate of drug-likeness (QED) is 0.899. The number of nitrogens with two attached hydrogens (primary N) is 1. The highest BCUT2D eigenvalue weighted by Gasteiger charge is 2.25. The van der Waals surface area contributed by atoms with Crippen molar-refractivity contribution in [2.45, 2.75) is 18.9 Å². The molecule has 1 aromatic heterocycles. The Balaban J connectivity index is 1.70. The summed E-state index contributed by atoms with van der Waals surface area (Å²) in [5.74, 6) is -0.477. The lowest BCUT2D eigenvalue weighted by Crippen LogP contribution is -2.45. The van der Waals surface area contributed by atoms with Crippen LogP contribution in [0.2, 0.25) is 0 Å². The predicted octanol–water partition coefficient (Wildman–Crippen LogP) is 1.90. The Morgan fingerprint density at radius 2 is 2.04 bits per heavy atom. The number of nitrogens with zero attached hydrogens (tertiary/aromatic N) is 2. The van der Waals surface area contributed by atoms with E-state index >= 15 is 0 Å². The van der Waals surface area contributed by atoms with E-state index in [1.807, 2.05) is 17.0 Å². The largest absolute Gasteiger partial charge is 0.380 e. The Kier molecular flexibility index (Phi) is 4.74. The second-order valence-corrected chi connectivity index (χ2v) is 5.89. The van der Waals surface area contributed by atoms with Crippen LogP contribution in [0, 0.1) is 0 Å². The van der Waals surface area contributed by atoms with Gasteiger partial charge in [0.1, 0.15) is 0 Å². The highest BCUT2D eigenvalue weighted by atomic mass is 16.2. The van der Waals surface area contributed by atoms with Crippen LogP contribution < -0.4 is 11.1 Å². The molecule has 0 spiro atoms. The first kappa shape index (κ1) is 16.0. The molecule has 2 aromatic rings. The number of hydrogen-bond donors (Lipinski definition) is 2. The Bertz CT molecular complexity index is 733. The molecule has 0 saturated carbocycles. The van der Waals surface area contributed by atoms with Crippen molar-refractivity contribution in [3.05, 3.63) is 59.9 Å². The van der Waals surface area contributed by atoms with Crippen molar-refractivity contribution in [1.29, 1.82) is 0 Å². The van der Waals surface area contributed by atoms with E-state index in [4.69, 9.17) is 5.73 Å². The average molecular weight is 324 g/mol. The van der Waals surface area contributed by atoms with E-state index in [-0.39, 0.29) is 11.9 Å². The number of primary amides is 1. The van der Waals surface area contributed by atoms with E-state index in [1.54, 1.807) is 36.7 Å². The Labute approximate surface area is 140 Å². The third kappa shape index (κ3) is 3.53. The number of nitrogens with one attached hydrogen (secondary N) is 1. The lowest BCUT2D eigenvalue weighted by molar-refractivity contribution is 0.0714. The Morgan fingerprint density at radius 3 is 2.79 bits per heavy atom. The average Bonchev–Trinajstić information content (AvgIpc) is 2.62. The summed E-state index contributed by atoms with van der Waals surface area (Å²) >= 11 is 0. The summed E-state index contributed by atoms with van der Waals surface area (Å²) < 4.78 is 0. The van der Waals surface area contributed by atoms with Gasteiger partial charge in [-0.15, -0.1) is 0 Å². The zero-order valence-corrected chi connectivity index (χ0v) is 13.3. The van der Waals surface area contributed by atoms with E-state index < -0.39 is 5.91 Å². The number of hydrogen-bond acceptors (Lipinski definition) is 4. The smallest absolute Gasteiger partial charge is 0.255 e. The molecule has 3 N–H and O–H groups in total. The number of amides is 2. The van der Waals surface area contributed by atoms with Gasteiger partial charge in [-0.3, -0.25) is 14.6 Å². The maximum atomic E-state index is 12.6. The molecular weight excluding hydrogens is 304 g/mol. The molecule has 0 bridgehead atoms. The number of likely N-dealkylation sites (tertiary alicyclic amines) is 1. The van der Waals surface area contributed by atoms with Crippen molar-refractivity contribution in [2.75, 3.05) is 18.4 Å². The normalized spacial score (nSPS) is 17.3. The number of carbonyl (C=O) groups is 2. The third-order valence-electron chi connectivity index (χ3n) is 4.17. The van der Waals surface area contributed by atoms with Crippen molar-refractivity contribution in [2.24, 2.45) is 5.73 Å². The molecule has 6 nitrogen and oxygen atoms in total. The van der Waals surface area contributed by atoms with E-state index in [1.165, 1.54) is 0 Å². The van der Waals surface area contributed by atoms with Crippen molar-refractivity contribution in [1.82, 2.24) is 9.88 Å². The summed E-state index contributed by atoms with van der Waals surface area (Å²) in [4.78, 5) is 29.9. The van der Waals surface area contributed by atoms with Gasteiger partial charge in [0.2, 0.25) is 0 Å². The molecule has 24 heavy (non-hydrogen) atoms. The standard InChI is InChI=1S/C18H20N4O2/c19-17(23)15-7-1-2-8-16(15)21-14-6-4-10-22(12-14)18(24)13-5-3-9-20-11-13/h1-3,5,7-9,11,14,21H,4,6,10,12H2,(H2,19,23)/t14-/m1/s1. The first-order valence-corrected chi connectivity index (χ1v) is 8.00. The van der Waals surface area contributed by atoms with Gasteiger partial charge in [-0.25, -0.2) is 0 Å². The minimum atomic E-state index is -0.461. The van der Waals surface area contributed by atoms with E-state index in [0.717, 1.165) is 19.4 Å². The molecular formula is C18H20N4O2. The van der Waals surface area contributed by atoms with Crippen molar-refractivity contribution >= 4 is 17.5 Å². The van der Waals surface area contributed by atoms with Gasteiger partial charge in [0, 0.05) is 37.2 Å². The lowest BCUT2D eigenvalue weighted by atomic mass is 10.0. The van der Waals surface area contributed by atoms with Crippen molar-refractivity contribution in [3.63, 3.8) is 0 Å². The number of pyridine rings is 1. The molecule has 0 unspecified atom stereocenters. The van der Waals surface area contributed by atoms with Gasteiger partial charge in [0.15, 0.2) is 0 Å². The molecule has 1 saturated heterocycles. The molecule has 3 rings (SSSR count). The van der Waals surface area contributed by atoms with Crippen LogP contribution in [0.15, 0.2) is 48.8 Å². The Morgan fingerprint density at radius 1 is 1.21 bits per heavy atom. The van der Waals surface area contributed by atoms with Gasteiger partial charge in [-0.05, 0) is 37.1 Å². The highest BCUT2D eigenvalue weighted by Crippen LogP contribution is 2.20. The fourth-order valence-corrected chi connectivity index (χ4v) is 3.00. The SMILES string of the molecule is NC(=O)c1ccccc1N[C@@H]1CCCN(C(=O)c2cccnc2)C1. The van der Waals surface area contributed by atoms with E-state index in [2.05, 4.69) is 10.3 Å². The number of anilines is 1. The van der Waals surface area contributed by atoms with Crippen LogP contribution in [0.4, 0.5) is 5.69 Å². The summed E-state index contributed by atoms with van der Waals surface area (Å²) in [7, 11) is 0. The maximum Gasteiger partial charge on any atom is 0.255 e. The number of para-hydroxylation sites is 1. The van der Waals surface area contributed by atoms with Crippen LogP contribution >= 0.6 is 0 Å². The highest BCUT2D eigenvalue weighted by molar-refractivity contribution is 5.98. The molecule has 1 aliphatic heterocycles. The third-order valence-corrected chi connectivity index (χ3v) is 4.17. The molecule has 0 radical (unpaired) electrons. The summed E-state index contributed by atoms with van der Waals surface area (Å²) in [5, 5.41) is 3.36. The van der Waals surface area contributed by atoms with Crippen LogP contribution in [-0.2, 0) is 0 Å². The van der Waals surface area contributed by atoms with E-state index in [0.29, 0.717) is 23.4 Å². The molecule has 2 heterocycles. The molecule has 1 atom stereocenters.